The number of aryl methyl sites for hydroxylation is 1. The third-order valence-corrected chi connectivity index (χ3v) is 5.01. The van der Waals surface area contributed by atoms with Crippen LogP contribution in [0.3, 0.4) is 0 Å². The van der Waals surface area contributed by atoms with Crippen molar-refractivity contribution >= 4 is 28.2 Å². The van der Waals surface area contributed by atoms with Crippen LogP contribution in [0.25, 0.3) is 11.0 Å². The molecule has 0 bridgehead atoms. The Labute approximate surface area is 132 Å². The standard InChI is InChI=1S/C17H16N2O2S/c1-11-9-13-10-12(4-5-15(13)21-11)17(20)19-7-2-3-14(19)16-18-6-8-22-16/h4-6,8-10,14H,2-3,7H2,1H3/t14-/m0/s1. The van der Waals surface area contributed by atoms with E-state index in [-0.39, 0.29) is 11.9 Å². The minimum absolute atomic E-state index is 0.0819. The highest BCUT2D eigenvalue weighted by atomic mass is 32.1. The second kappa shape index (κ2) is 5.25. The van der Waals surface area contributed by atoms with Crippen LogP contribution in [-0.4, -0.2) is 22.3 Å². The van der Waals surface area contributed by atoms with E-state index in [9.17, 15) is 4.79 Å². The second-order valence-electron chi connectivity index (χ2n) is 5.64. The number of furan rings is 1. The summed E-state index contributed by atoms with van der Waals surface area (Å²) in [5, 5.41) is 3.98. The summed E-state index contributed by atoms with van der Waals surface area (Å²) >= 11 is 1.62. The zero-order valence-corrected chi connectivity index (χ0v) is 13.1. The molecule has 1 amide bonds. The summed E-state index contributed by atoms with van der Waals surface area (Å²) in [5.41, 5.74) is 1.55. The molecule has 0 unspecified atom stereocenters. The Morgan fingerprint density at radius 1 is 1.41 bits per heavy atom. The molecule has 3 aromatic rings. The largest absolute Gasteiger partial charge is 0.461 e. The molecule has 2 aromatic heterocycles. The molecule has 0 saturated carbocycles. The van der Waals surface area contributed by atoms with E-state index >= 15 is 0 Å². The summed E-state index contributed by atoms with van der Waals surface area (Å²) in [5.74, 6) is 0.944. The Morgan fingerprint density at radius 3 is 3.14 bits per heavy atom. The van der Waals surface area contributed by atoms with Gasteiger partial charge in [-0.1, -0.05) is 0 Å². The van der Waals surface area contributed by atoms with E-state index in [1.807, 2.05) is 41.5 Å². The molecule has 0 radical (unpaired) electrons. The number of nitrogens with zero attached hydrogens (tertiary/aromatic N) is 2. The van der Waals surface area contributed by atoms with Gasteiger partial charge in [0.25, 0.3) is 5.91 Å². The fraction of sp³-hybridized carbons (Fsp3) is 0.294. The van der Waals surface area contributed by atoms with Gasteiger partial charge in [-0.25, -0.2) is 4.98 Å². The number of rotatable bonds is 2. The molecule has 4 rings (SSSR count). The topological polar surface area (TPSA) is 46.3 Å². The van der Waals surface area contributed by atoms with Crippen molar-refractivity contribution in [1.29, 1.82) is 0 Å². The van der Waals surface area contributed by atoms with Gasteiger partial charge in [0.2, 0.25) is 0 Å². The molecule has 22 heavy (non-hydrogen) atoms. The lowest BCUT2D eigenvalue weighted by Crippen LogP contribution is -2.30. The Hall–Kier alpha value is -2.14. The molecule has 0 N–H and O–H groups in total. The number of likely N-dealkylation sites (tertiary alicyclic amines) is 1. The fourth-order valence-electron chi connectivity index (χ4n) is 3.14. The molecule has 3 heterocycles. The molecule has 1 aromatic carbocycles. The zero-order valence-electron chi connectivity index (χ0n) is 12.3. The van der Waals surface area contributed by atoms with Gasteiger partial charge in [-0.15, -0.1) is 11.3 Å². The van der Waals surface area contributed by atoms with E-state index in [4.69, 9.17) is 4.42 Å². The summed E-state index contributed by atoms with van der Waals surface area (Å²) in [6.07, 6.45) is 3.83. The number of aromatic nitrogens is 1. The molecule has 0 spiro atoms. The van der Waals surface area contributed by atoms with Crippen molar-refractivity contribution in [2.75, 3.05) is 6.54 Å². The molecule has 1 aliphatic rings. The van der Waals surface area contributed by atoms with Crippen molar-refractivity contribution < 1.29 is 9.21 Å². The van der Waals surface area contributed by atoms with Gasteiger partial charge < -0.3 is 9.32 Å². The van der Waals surface area contributed by atoms with Crippen LogP contribution < -0.4 is 0 Å². The van der Waals surface area contributed by atoms with E-state index in [0.717, 1.165) is 46.7 Å². The Bertz CT molecular complexity index is 822. The van der Waals surface area contributed by atoms with Crippen molar-refractivity contribution in [2.24, 2.45) is 0 Å². The van der Waals surface area contributed by atoms with E-state index in [1.165, 1.54) is 0 Å². The van der Waals surface area contributed by atoms with Crippen LogP contribution in [-0.2, 0) is 0 Å². The monoisotopic (exact) mass is 312 g/mol. The first-order chi connectivity index (χ1) is 10.7. The minimum Gasteiger partial charge on any atom is -0.461 e. The molecule has 5 heteroatoms. The predicted octanol–water partition coefficient (Wildman–Crippen LogP) is 4.18. The number of hydrogen-bond acceptors (Lipinski definition) is 4. The van der Waals surface area contributed by atoms with Crippen molar-refractivity contribution in [1.82, 2.24) is 9.88 Å². The maximum atomic E-state index is 12.9. The van der Waals surface area contributed by atoms with Gasteiger partial charge in [0.15, 0.2) is 0 Å². The van der Waals surface area contributed by atoms with Gasteiger partial charge in [-0.3, -0.25) is 4.79 Å². The van der Waals surface area contributed by atoms with Gasteiger partial charge in [-0.05, 0) is 44.0 Å². The smallest absolute Gasteiger partial charge is 0.254 e. The third kappa shape index (κ3) is 2.22. The van der Waals surface area contributed by atoms with Crippen molar-refractivity contribution in [3.8, 4) is 0 Å². The molecule has 1 atom stereocenters. The first-order valence-electron chi connectivity index (χ1n) is 7.43. The van der Waals surface area contributed by atoms with Crippen LogP contribution in [0.2, 0.25) is 0 Å². The van der Waals surface area contributed by atoms with Gasteiger partial charge in [0.1, 0.15) is 16.4 Å². The summed E-state index contributed by atoms with van der Waals surface area (Å²) in [7, 11) is 0. The zero-order chi connectivity index (χ0) is 15.1. The first kappa shape index (κ1) is 13.5. The molecule has 1 fully saturated rings. The van der Waals surface area contributed by atoms with E-state index in [2.05, 4.69) is 4.98 Å². The molecule has 0 aliphatic carbocycles. The predicted molar refractivity (Wildman–Crippen MR) is 86.1 cm³/mol. The van der Waals surface area contributed by atoms with Crippen molar-refractivity contribution in [3.05, 3.63) is 52.2 Å². The van der Waals surface area contributed by atoms with Crippen LogP contribution >= 0.6 is 11.3 Å². The Balaban J connectivity index is 1.67. The summed E-state index contributed by atoms with van der Waals surface area (Å²) < 4.78 is 5.57. The fourth-order valence-corrected chi connectivity index (χ4v) is 3.93. The number of carbonyl (C=O) groups excluding carboxylic acids is 1. The number of hydrogen-bond donors (Lipinski definition) is 0. The van der Waals surface area contributed by atoms with E-state index in [1.54, 1.807) is 17.5 Å². The highest BCUT2D eigenvalue weighted by Gasteiger charge is 2.32. The Kier molecular flexibility index (Phi) is 3.22. The number of amides is 1. The minimum atomic E-state index is 0.0819. The maximum Gasteiger partial charge on any atom is 0.254 e. The van der Waals surface area contributed by atoms with Gasteiger partial charge in [-0.2, -0.15) is 0 Å². The lowest BCUT2D eigenvalue weighted by Gasteiger charge is -2.23. The van der Waals surface area contributed by atoms with Crippen LogP contribution in [0, 0.1) is 6.92 Å². The van der Waals surface area contributed by atoms with Gasteiger partial charge in [0.05, 0.1) is 6.04 Å². The normalized spacial score (nSPS) is 18.2. The summed E-state index contributed by atoms with van der Waals surface area (Å²) in [4.78, 5) is 19.2. The molecule has 112 valence electrons. The third-order valence-electron chi connectivity index (χ3n) is 4.14. The molecular weight excluding hydrogens is 296 g/mol. The van der Waals surface area contributed by atoms with Crippen LogP contribution in [0.15, 0.2) is 40.3 Å². The molecule has 4 nitrogen and oxygen atoms in total. The van der Waals surface area contributed by atoms with Crippen LogP contribution in [0.1, 0.15) is 40.0 Å². The number of benzene rings is 1. The molecule has 1 saturated heterocycles. The average molecular weight is 312 g/mol. The number of carbonyl (C=O) groups is 1. The number of thiazole rings is 1. The highest BCUT2D eigenvalue weighted by Crippen LogP contribution is 2.34. The van der Waals surface area contributed by atoms with Crippen molar-refractivity contribution in [3.63, 3.8) is 0 Å². The summed E-state index contributed by atoms with van der Waals surface area (Å²) in [6.45, 7) is 2.71. The first-order valence-corrected chi connectivity index (χ1v) is 8.31. The average Bonchev–Trinajstić information content (AvgIpc) is 3.24. The Morgan fingerprint density at radius 2 is 2.32 bits per heavy atom. The SMILES string of the molecule is Cc1cc2cc(C(=O)N3CCC[C@H]3c3nccs3)ccc2o1. The van der Waals surface area contributed by atoms with E-state index < -0.39 is 0 Å². The van der Waals surface area contributed by atoms with Crippen molar-refractivity contribution in [2.45, 2.75) is 25.8 Å². The summed E-state index contributed by atoms with van der Waals surface area (Å²) in [6, 6.07) is 7.74. The van der Waals surface area contributed by atoms with Crippen LogP contribution in [0.4, 0.5) is 0 Å². The van der Waals surface area contributed by atoms with Crippen LogP contribution in [0.5, 0.6) is 0 Å². The lowest BCUT2D eigenvalue weighted by atomic mass is 10.1. The molecular formula is C17H16N2O2S. The van der Waals surface area contributed by atoms with E-state index in [0.29, 0.717) is 0 Å². The van der Waals surface area contributed by atoms with Gasteiger partial charge >= 0.3 is 0 Å². The van der Waals surface area contributed by atoms with Gasteiger partial charge in [0, 0.05) is 29.1 Å². The quantitative estimate of drug-likeness (QED) is 0.713. The lowest BCUT2D eigenvalue weighted by molar-refractivity contribution is 0.0735. The second-order valence-corrected chi connectivity index (χ2v) is 6.56. The highest BCUT2D eigenvalue weighted by molar-refractivity contribution is 7.09. The maximum absolute atomic E-state index is 12.9. The number of fused-ring (bicyclic) bond motifs is 1. The molecule has 1 aliphatic heterocycles.